The second-order valence-corrected chi connectivity index (χ2v) is 6.07. The van der Waals surface area contributed by atoms with E-state index in [1.165, 1.54) is 16.3 Å². The lowest BCUT2D eigenvalue weighted by molar-refractivity contribution is 0.143. The van der Waals surface area contributed by atoms with Crippen molar-refractivity contribution in [2.24, 2.45) is 4.99 Å². The molecule has 2 aromatic rings. The number of guanidine groups is 1. The number of nitrogens with zero attached hydrogens (tertiary/aromatic N) is 1. The Morgan fingerprint density at radius 2 is 1.81 bits per heavy atom. The van der Waals surface area contributed by atoms with Gasteiger partial charge in [0.15, 0.2) is 5.96 Å². The number of hydrogen-bond donors (Lipinski definition) is 2. The molecule has 0 aliphatic carbocycles. The number of rotatable bonds is 10. The predicted molar refractivity (Wildman–Crippen MR) is 109 cm³/mol. The molecule has 2 rings (SSSR count). The van der Waals surface area contributed by atoms with E-state index in [-0.39, 0.29) is 0 Å². The second kappa shape index (κ2) is 11.4. The minimum Gasteiger partial charge on any atom is -0.497 e. The first-order valence-electron chi connectivity index (χ1n) is 9.43. The number of methoxy groups -OCH3 is 1. The van der Waals surface area contributed by atoms with E-state index in [2.05, 4.69) is 47.9 Å². The lowest BCUT2D eigenvalue weighted by atomic mass is 10.1. The summed E-state index contributed by atoms with van der Waals surface area (Å²) >= 11 is 0. The highest BCUT2D eigenvalue weighted by molar-refractivity contribution is 5.84. The summed E-state index contributed by atoms with van der Waals surface area (Å²) in [7, 11) is 1.69. The van der Waals surface area contributed by atoms with Gasteiger partial charge in [-0.3, -0.25) is 0 Å². The van der Waals surface area contributed by atoms with Gasteiger partial charge in [-0.2, -0.15) is 0 Å². The molecule has 0 aliphatic rings. The van der Waals surface area contributed by atoms with E-state index < -0.39 is 0 Å². The zero-order valence-corrected chi connectivity index (χ0v) is 16.2. The average Bonchev–Trinajstić information content (AvgIpc) is 2.68. The van der Waals surface area contributed by atoms with Crippen molar-refractivity contribution in [3.8, 4) is 5.75 Å². The molecule has 0 saturated carbocycles. The van der Waals surface area contributed by atoms with Crippen LogP contribution in [0.5, 0.6) is 5.75 Å². The van der Waals surface area contributed by atoms with Crippen LogP contribution in [0.1, 0.15) is 32.3 Å². The van der Waals surface area contributed by atoms with Crippen LogP contribution in [0.2, 0.25) is 0 Å². The van der Waals surface area contributed by atoms with Crippen molar-refractivity contribution in [2.45, 2.75) is 33.2 Å². The van der Waals surface area contributed by atoms with Crippen LogP contribution in [0.25, 0.3) is 10.8 Å². The average molecular weight is 357 g/mol. The normalized spacial score (nSPS) is 11.6. The molecule has 5 heteroatoms. The molecule has 0 aromatic heterocycles. The smallest absolute Gasteiger partial charge is 0.191 e. The lowest BCUT2D eigenvalue weighted by Gasteiger charge is -2.11. The number of unbranched alkanes of at least 4 members (excludes halogenated alkanes) is 1. The summed E-state index contributed by atoms with van der Waals surface area (Å²) < 4.78 is 10.6. The van der Waals surface area contributed by atoms with Gasteiger partial charge in [0.05, 0.1) is 13.7 Å². The molecular formula is C21H31N3O2. The van der Waals surface area contributed by atoms with Gasteiger partial charge in [0, 0.05) is 26.3 Å². The van der Waals surface area contributed by atoms with E-state index >= 15 is 0 Å². The van der Waals surface area contributed by atoms with E-state index in [9.17, 15) is 0 Å². The third-order valence-electron chi connectivity index (χ3n) is 4.09. The van der Waals surface area contributed by atoms with E-state index in [4.69, 9.17) is 14.5 Å². The molecule has 0 aliphatic heterocycles. The second-order valence-electron chi connectivity index (χ2n) is 6.07. The van der Waals surface area contributed by atoms with Crippen molar-refractivity contribution in [2.75, 3.05) is 33.4 Å². The maximum atomic E-state index is 5.36. The fraction of sp³-hybridized carbons (Fsp3) is 0.476. The molecule has 0 spiro atoms. The zero-order valence-electron chi connectivity index (χ0n) is 16.2. The summed E-state index contributed by atoms with van der Waals surface area (Å²) in [6, 6.07) is 12.6. The third kappa shape index (κ3) is 6.56. The number of hydrogen-bond acceptors (Lipinski definition) is 3. The first kappa shape index (κ1) is 20.0. The highest BCUT2D eigenvalue weighted by atomic mass is 16.5. The molecule has 0 unspecified atom stereocenters. The summed E-state index contributed by atoms with van der Waals surface area (Å²) in [4.78, 5) is 4.70. The largest absolute Gasteiger partial charge is 0.497 e. The van der Waals surface area contributed by atoms with Crippen LogP contribution >= 0.6 is 0 Å². The number of ether oxygens (including phenoxy) is 2. The van der Waals surface area contributed by atoms with Gasteiger partial charge in [0.25, 0.3) is 0 Å². The van der Waals surface area contributed by atoms with Crippen LogP contribution in [0, 0.1) is 0 Å². The fourth-order valence-electron chi connectivity index (χ4n) is 2.69. The summed E-state index contributed by atoms with van der Waals surface area (Å²) in [5.41, 5.74) is 1.19. The van der Waals surface area contributed by atoms with Crippen LogP contribution in [0.3, 0.4) is 0 Å². The van der Waals surface area contributed by atoms with Crippen molar-refractivity contribution in [3.05, 3.63) is 42.0 Å². The Balaban J connectivity index is 1.92. The first-order valence-corrected chi connectivity index (χ1v) is 9.43. The van der Waals surface area contributed by atoms with E-state index in [0.717, 1.165) is 50.9 Å². The molecule has 2 aromatic carbocycles. The molecule has 26 heavy (non-hydrogen) atoms. The van der Waals surface area contributed by atoms with Gasteiger partial charge < -0.3 is 20.1 Å². The van der Waals surface area contributed by atoms with Gasteiger partial charge >= 0.3 is 0 Å². The molecule has 0 fully saturated rings. The molecule has 0 saturated heterocycles. The monoisotopic (exact) mass is 357 g/mol. The Bertz CT molecular complexity index is 701. The van der Waals surface area contributed by atoms with Gasteiger partial charge in [-0.1, -0.05) is 18.2 Å². The van der Waals surface area contributed by atoms with Gasteiger partial charge in [-0.25, -0.2) is 4.99 Å². The minimum atomic E-state index is 0.649. The Morgan fingerprint density at radius 3 is 2.58 bits per heavy atom. The number of nitrogens with one attached hydrogen (secondary N) is 2. The van der Waals surface area contributed by atoms with Gasteiger partial charge in [0.2, 0.25) is 0 Å². The lowest BCUT2D eigenvalue weighted by Crippen LogP contribution is -2.37. The summed E-state index contributed by atoms with van der Waals surface area (Å²) in [5.74, 6) is 1.74. The molecule has 0 atom stereocenters. The Hall–Kier alpha value is -2.27. The van der Waals surface area contributed by atoms with E-state index in [0.29, 0.717) is 6.54 Å². The minimum absolute atomic E-state index is 0.649. The quantitative estimate of drug-likeness (QED) is 0.387. The molecular weight excluding hydrogens is 326 g/mol. The van der Waals surface area contributed by atoms with Crippen LogP contribution in [-0.2, 0) is 11.3 Å². The number of benzene rings is 2. The third-order valence-corrected chi connectivity index (χ3v) is 4.09. The first-order chi connectivity index (χ1) is 12.8. The van der Waals surface area contributed by atoms with Crippen LogP contribution in [0.4, 0.5) is 0 Å². The van der Waals surface area contributed by atoms with Crippen molar-refractivity contribution in [1.82, 2.24) is 10.6 Å². The maximum absolute atomic E-state index is 5.36. The van der Waals surface area contributed by atoms with Crippen molar-refractivity contribution >= 4 is 16.7 Å². The highest BCUT2D eigenvalue weighted by Crippen LogP contribution is 2.22. The van der Waals surface area contributed by atoms with E-state index in [1.54, 1.807) is 7.11 Å². The summed E-state index contributed by atoms with van der Waals surface area (Å²) in [5, 5.41) is 9.06. The molecule has 2 N–H and O–H groups in total. The topological polar surface area (TPSA) is 54.9 Å². The highest BCUT2D eigenvalue weighted by Gasteiger charge is 2.01. The van der Waals surface area contributed by atoms with Crippen molar-refractivity contribution in [1.29, 1.82) is 0 Å². The zero-order chi connectivity index (χ0) is 18.6. The van der Waals surface area contributed by atoms with E-state index in [1.807, 2.05) is 13.0 Å². The van der Waals surface area contributed by atoms with Crippen LogP contribution < -0.4 is 15.4 Å². The van der Waals surface area contributed by atoms with Crippen molar-refractivity contribution in [3.63, 3.8) is 0 Å². The number of aliphatic imine (C=N–C) groups is 1. The van der Waals surface area contributed by atoms with Gasteiger partial charge in [-0.05, 0) is 61.2 Å². The Kier molecular flexibility index (Phi) is 8.76. The standard InChI is InChI=1S/C21H31N3O2/c1-4-22-21(23-12-6-7-13-26-5-2)24-16-17-8-9-19-15-20(25-3)11-10-18(19)14-17/h8-11,14-15H,4-7,12-13,16H2,1-3H3,(H2,22,23,24). The SMILES string of the molecule is CCNC(=NCc1ccc2cc(OC)ccc2c1)NCCCCOCC. The fourth-order valence-corrected chi connectivity index (χ4v) is 2.69. The molecule has 142 valence electrons. The summed E-state index contributed by atoms with van der Waals surface area (Å²) in [6.07, 6.45) is 2.14. The van der Waals surface area contributed by atoms with Crippen LogP contribution in [-0.4, -0.2) is 39.4 Å². The Labute approximate surface area is 156 Å². The maximum Gasteiger partial charge on any atom is 0.191 e. The molecule has 0 amide bonds. The number of fused-ring (bicyclic) bond motifs is 1. The Morgan fingerprint density at radius 1 is 1.00 bits per heavy atom. The van der Waals surface area contributed by atoms with Crippen LogP contribution in [0.15, 0.2) is 41.4 Å². The molecule has 0 radical (unpaired) electrons. The molecule has 5 nitrogen and oxygen atoms in total. The summed E-state index contributed by atoms with van der Waals surface area (Å²) in [6.45, 7) is 8.12. The predicted octanol–water partition coefficient (Wildman–Crippen LogP) is 3.72. The molecule has 0 heterocycles. The van der Waals surface area contributed by atoms with Gasteiger partial charge in [-0.15, -0.1) is 0 Å². The van der Waals surface area contributed by atoms with Gasteiger partial charge in [0.1, 0.15) is 5.75 Å². The molecule has 0 bridgehead atoms. The van der Waals surface area contributed by atoms with Crippen molar-refractivity contribution < 1.29 is 9.47 Å².